The van der Waals surface area contributed by atoms with E-state index in [0.29, 0.717) is 5.92 Å². The molecule has 0 aromatic heterocycles. The fourth-order valence-electron chi connectivity index (χ4n) is 2.59. The van der Waals surface area contributed by atoms with Gasteiger partial charge in [0.15, 0.2) is 0 Å². The van der Waals surface area contributed by atoms with Crippen LogP contribution in [0.1, 0.15) is 44.7 Å². The molecule has 0 saturated heterocycles. The molecular weight excluding hydrogens is 312 g/mol. The lowest BCUT2D eigenvalue weighted by atomic mass is 10.0. The minimum Gasteiger partial charge on any atom is -0.325 e. The minimum atomic E-state index is -0.216. The molecule has 25 heavy (non-hydrogen) atoms. The molecule has 4 nitrogen and oxygen atoms in total. The van der Waals surface area contributed by atoms with E-state index in [1.165, 1.54) is 23.0 Å². The van der Waals surface area contributed by atoms with E-state index in [1.807, 2.05) is 48.5 Å². The van der Waals surface area contributed by atoms with Crippen molar-refractivity contribution < 1.29 is 9.59 Å². The zero-order valence-electron chi connectivity index (χ0n) is 15.4. The highest BCUT2D eigenvalue weighted by atomic mass is 16.2. The molecule has 0 aliphatic rings. The van der Waals surface area contributed by atoms with Crippen LogP contribution in [-0.2, 0) is 16.0 Å². The van der Waals surface area contributed by atoms with E-state index in [2.05, 4.69) is 26.1 Å². The van der Waals surface area contributed by atoms with Crippen LogP contribution in [0.25, 0.3) is 0 Å². The van der Waals surface area contributed by atoms with E-state index in [0.717, 1.165) is 17.8 Å². The summed E-state index contributed by atoms with van der Waals surface area (Å²) in [6, 6.07) is 15.5. The van der Waals surface area contributed by atoms with Gasteiger partial charge in [0.1, 0.15) is 6.54 Å². The van der Waals surface area contributed by atoms with Crippen LogP contribution in [-0.4, -0.2) is 18.4 Å². The highest BCUT2D eigenvalue weighted by Crippen LogP contribution is 2.18. The lowest BCUT2D eigenvalue weighted by Gasteiger charge is -2.21. The number of carbonyl (C=O) groups is 2. The Kier molecular flexibility index (Phi) is 6.34. The topological polar surface area (TPSA) is 49.4 Å². The molecular formula is C21H26N2O2. The summed E-state index contributed by atoms with van der Waals surface area (Å²) in [6.07, 6.45) is 0.938. The molecule has 0 saturated carbocycles. The van der Waals surface area contributed by atoms with Crippen LogP contribution in [0.2, 0.25) is 0 Å². The number of anilines is 2. The van der Waals surface area contributed by atoms with Crippen LogP contribution in [0.3, 0.4) is 0 Å². The summed E-state index contributed by atoms with van der Waals surface area (Å²) in [5.74, 6) is 0.0747. The summed E-state index contributed by atoms with van der Waals surface area (Å²) >= 11 is 0. The Balaban J connectivity index is 2.05. The molecule has 2 rings (SSSR count). The van der Waals surface area contributed by atoms with Gasteiger partial charge in [-0.1, -0.05) is 45.0 Å². The molecule has 2 aromatic carbocycles. The second kappa shape index (κ2) is 8.47. The number of nitrogens with one attached hydrogen (secondary N) is 1. The maximum absolute atomic E-state index is 12.3. The van der Waals surface area contributed by atoms with Gasteiger partial charge in [-0.05, 0) is 47.7 Å². The average molecular weight is 338 g/mol. The number of amides is 2. The SMILES string of the molecule is CCc1ccc(N(CC(=O)Nc2ccc(C(C)C)cc2)C(C)=O)cc1. The molecule has 0 unspecified atom stereocenters. The lowest BCUT2D eigenvalue weighted by Crippen LogP contribution is -2.36. The van der Waals surface area contributed by atoms with Crippen LogP contribution < -0.4 is 10.2 Å². The first-order chi connectivity index (χ1) is 11.9. The number of rotatable bonds is 6. The minimum absolute atomic E-state index is 0.00721. The van der Waals surface area contributed by atoms with Crippen LogP contribution in [0.5, 0.6) is 0 Å². The van der Waals surface area contributed by atoms with Gasteiger partial charge in [0, 0.05) is 18.3 Å². The van der Waals surface area contributed by atoms with Gasteiger partial charge in [0.05, 0.1) is 0 Å². The van der Waals surface area contributed by atoms with Gasteiger partial charge in [-0.15, -0.1) is 0 Å². The third-order valence-corrected chi connectivity index (χ3v) is 4.20. The van der Waals surface area contributed by atoms with Gasteiger partial charge in [-0.2, -0.15) is 0 Å². The standard InChI is InChI=1S/C21H26N2O2/c1-5-17-6-12-20(13-7-17)23(16(4)24)14-21(25)22-19-10-8-18(9-11-19)15(2)3/h6-13,15H,5,14H2,1-4H3,(H,22,25). The lowest BCUT2D eigenvalue weighted by molar-refractivity contribution is -0.120. The predicted molar refractivity (Wildman–Crippen MR) is 103 cm³/mol. The Morgan fingerprint density at radius 2 is 1.60 bits per heavy atom. The monoisotopic (exact) mass is 338 g/mol. The number of aryl methyl sites for hydroxylation is 1. The zero-order valence-corrected chi connectivity index (χ0v) is 15.4. The van der Waals surface area contributed by atoms with E-state index in [-0.39, 0.29) is 18.4 Å². The van der Waals surface area contributed by atoms with Gasteiger partial charge in [0.25, 0.3) is 0 Å². The Bertz CT molecular complexity index is 719. The van der Waals surface area contributed by atoms with Crippen molar-refractivity contribution in [1.29, 1.82) is 0 Å². The third-order valence-electron chi connectivity index (χ3n) is 4.20. The molecule has 0 heterocycles. The van der Waals surface area contributed by atoms with Crippen molar-refractivity contribution in [3.8, 4) is 0 Å². The summed E-state index contributed by atoms with van der Waals surface area (Å²) in [7, 11) is 0. The number of carbonyl (C=O) groups excluding carboxylic acids is 2. The fraction of sp³-hybridized carbons (Fsp3) is 0.333. The normalized spacial score (nSPS) is 10.6. The van der Waals surface area contributed by atoms with Crippen LogP contribution >= 0.6 is 0 Å². The molecule has 0 fully saturated rings. The Morgan fingerprint density at radius 3 is 2.08 bits per heavy atom. The van der Waals surface area contributed by atoms with Crippen LogP contribution in [0.4, 0.5) is 11.4 Å². The molecule has 0 spiro atoms. The number of benzene rings is 2. The van der Waals surface area contributed by atoms with Crippen molar-refractivity contribution in [1.82, 2.24) is 0 Å². The smallest absolute Gasteiger partial charge is 0.244 e. The molecule has 2 amide bonds. The molecule has 0 aliphatic carbocycles. The molecule has 0 radical (unpaired) electrons. The molecule has 1 N–H and O–H groups in total. The van der Waals surface area contributed by atoms with Crippen molar-refractivity contribution >= 4 is 23.2 Å². The molecule has 2 aromatic rings. The highest BCUT2D eigenvalue weighted by Gasteiger charge is 2.16. The molecule has 132 valence electrons. The van der Waals surface area contributed by atoms with E-state index < -0.39 is 0 Å². The summed E-state index contributed by atoms with van der Waals surface area (Å²) < 4.78 is 0. The van der Waals surface area contributed by atoms with E-state index in [9.17, 15) is 9.59 Å². The summed E-state index contributed by atoms with van der Waals surface area (Å²) in [5, 5.41) is 2.85. The van der Waals surface area contributed by atoms with Crippen LogP contribution in [0, 0.1) is 0 Å². The quantitative estimate of drug-likeness (QED) is 0.850. The van der Waals surface area contributed by atoms with E-state index in [1.54, 1.807) is 0 Å². The average Bonchev–Trinajstić information content (AvgIpc) is 2.60. The number of hydrogen-bond donors (Lipinski definition) is 1. The Morgan fingerprint density at radius 1 is 1.00 bits per heavy atom. The Labute approximate surface area is 149 Å². The van der Waals surface area contributed by atoms with E-state index in [4.69, 9.17) is 0 Å². The molecule has 4 heteroatoms. The Hall–Kier alpha value is -2.62. The molecule has 0 bridgehead atoms. The molecule has 0 atom stereocenters. The summed E-state index contributed by atoms with van der Waals surface area (Å²) in [6.45, 7) is 7.80. The van der Waals surface area contributed by atoms with Gasteiger partial charge < -0.3 is 10.2 Å². The molecule has 0 aliphatic heterocycles. The van der Waals surface area contributed by atoms with E-state index >= 15 is 0 Å². The van der Waals surface area contributed by atoms with Gasteiger partial charge in [-0.3, -0.25) is 9.59 Å². The predicted octanol–water partition coefficient (Wildman–Crippen LogP) is 4.36. The number of nitrogens with zero attached hydrogens (tertiary/aromatic N) is 1. The van der Waals surface area contributed by atoms with Crippen LogP contribution in [0.15, 0.2) is 48.5 Å². The maximum Gasteiger partial charge on any atom is 0.244 e. The van der Waals surface area contributed by atoms with Crippen molar-refractivity contribution in [2.24, 2.45) is 0 Å². The first kappa shape index (κ1) is 18.7. The fourth-order valence-corrected chi connectivity index (χ4v) is 2.59. The summed E-state index contributed by atoms with van der Waals surface area (Å²) in [4.78, 5) is 25.8. The van der Waals surface area contributed by atoms with Gasteiger partial charge >= 0.3 is 0 Å². The van der Waals surface area contributed by atoms with Crippen molar-refractivity contribution in [3.05, 3.63) is 59.7 Å². The van der Waals surface area contributed by atoms with Gasteiger partial charge in [-0.25, -0.2) is 0 Å². The second-order valence-electron chi connectivity index (χ2n) is 6.45. The largest absolute Gasteiger partial charge is 0.325 e. The van der Waals surface area contributed by atoms with Crippen molar-refractivity contribution in [3.63, 3.8) is 0 Å². The van der Waals surface area contributed by atoms with Gasteiger partial charge in [0.2, 0.25) is 11.8 Å². The first-order valence-electron chi connectivity index (χ1n) is 8.67. The second-order valence-corrected chi connectivity index (χ2v) is 6.45. The third kappa shape index (κ3) is 5.18. The first-order valence-corrected chi connectivity index (χ1v) is 8.67. The summed E-state index contributed by atoms with van der Waals surface area (Å²) in [5.41, 5.74) is 3.88. The highest BCUT2D eigenvalue weighted by molar-refractivity contribution is 6.01. The zero-order chi connectivity index (χ0) is 18.4. The van der Waals surface area contributed by atoms with Crippen molar-refractivity contribution in [2.45, 2.75) is 40.0 Å². The maximum atomic E-state index is 12.3. The number of hydrogen-bond acceptors (Lipinski definition) is 2. The van der Waals surface area contributed by atoms with Crippen molar-refractivity contribution in [2.75, 3.05) is 16.8 Å².